The van der Waals surface area contributed by atoms with Crippen LogP contribution in [0.2, 0.25) is 0 Å². The number of nitrogens with one attached hydrogen (secondary N) is 2. The number of carbonyl (C=O) groups is 2. The maximum absolute atomic E-state index is 13.8. The normalized spacial score (nSPS) is 42.2. The van der Waals surface area contributed by atoms with Crippen LogP contribution in [0.3, 0.4) is 0 Å². The molecule has 0 aromatic carbocycles. The summed E-state index contributed by atoms with van der Waals surface area (Å²) < 4.78 is 25.3. The lowest BCUT2D eigenvalue weighted by Crippen LogP contribution is -2.70. The van der Waals surface area contributed by atoms with Crippen LogP contribution in [-0.2, 0) is 19.1 Å². The van der Waals surface area contributed by atoms with Crippen molar-refractivity contribution in [2.45, 2.75) is 125 Å². The van der Waals surface area contributed by atoms with Crippen LogP contribution in [0.5, 0.6) is 0 Å². The highest BCUT2D eigenvalue weighted by atomic mass is 35.5. The van der Waals surface area contributed by atoms with Crippen molar-refractivity contribution in [2.24, 2.45) is 5.92 Å². The Morgan fingerprint density at radius 2 is 1.53 bits per heavy atom. The first-order valence-electron chi connectivity index (χ1n) is 13.0. The third-order valence-electron chi connectivity index (χ3n) is 8.62. The largest absolute Gasteiger partial charge is 0.391 e. The number of carbonyl (C=O) groups excluding carboxylic acids is 2. The summed E-state index contributed by atoms with van der Waals surface area (Å²) in [6, 6.07) is 0. The first-order chi connectivity index (χ1) is 16.2. The molecule has 0 radical (unpaired) electrons. The van der Waals surface area contributed by atoms with E-state index in [1.165, 1.54) is 0 Å². The lowest BCUT2D eigenvalue weighted by molar-refractivity contribution is -0.142. The first-order valence-corrected chi connectivity index (χ1v) is 13.4. The molecule has 0 heterocycles. The monoisotopic (exact) mass is 502 g/mol. The predicted octanol–water partition coefficient (Wildman–Crippen LogP) is 3.14. The second-order valence-electron chi connectivity index (χ2n) is 11.2. The molecule has 5 aliphatic rings. The highest BCUT2D eigenvalue weighted by molar-refractivity contribution is 6.21. The number of fused-ring (bicyclic) bond motifs is 3. The average Bonchev–Trinajstić information content (AvgIpc) is 2.81. The molecule has 3 N–H and O–H groups in total. The zero-order valence-corrected chi connectivity index (χ0v) is 21.0. The van der Waals surface area contributed by atoms with Gasteiger partial charge in [0.1, 0.15) is 19.4 Å². The van der Waals surface area contributed by atoms with Gasteiger partial charge in [0.05, 0.1) is 29.2 Å². The highest BCUT2D eigenvalue weighted by Gasteiger charge is 2.55. The Morgan fingerprint density at radius 1 is 0.941 bits per heavy atom. The molecule has 9 heteroatoms. The molecule has 0 saturated heterocycles. The summed E-state index contributed by atoms with van der Waals surface area (Å²) in [4.78, 5) is 25.2. The SMILES string of the molecule is CC1CCC(OCC(=O)NC23CCC(NC(=O)COC4CCC(Cl)C(F)C4)(CC2)C[C@@H]3O)CC1. The van der Waals surface area contributed by atoms with Gasteiger partial charge in [-0.1, -0.05) is 6.92 Å². The summed E-state index contributed by atoms with van der Waals surface area (Å²) in [5.41, 5.74) is -1.14. The van der Waals surface area contributed by atoms with Gasteiger partial charge in [0, 0.05) is 12.0 Å². The minimum atomic E-state index is -1.10. The molecule has 5 rings (SSSR count). The Labute approximate surface area is 206 Å². The molecule has 4 atom stereocenters. The van der Waals surface area contributed by atoms with E-state index in [1.807, 2.05) is 0 Å². The fourth-order valence-corrected chi connectivity index (χ4v) is 6.51. The number of alkyl halides is 2. The number of aliphatic hydroxyl groups is 1. The quantitative estimate of drug-likeness (QED) is 0.443. The number of halogens is 2. The van der Waals surface area contributed by atoms with E-state index < -0.39 is 28.7 Å². The molecule has 5 aliphatic carbocycles. The van der Waals surface area contributed by atoms with Gasteiger partial charge in [0.15, 0.2) is 0 Å². The third kappa shape index (κ3) is 6.23. The van der Waals surface area contributed by atoms with Crippen molar-refractivity contribution in [3.05, 3.63) is 0 Å². The van der Waals surface area contributed by atoms with Crippen molar-refractivity contribution in [2.75, 3.05) is 13.2 Å². The van der Waals surface area contributed by atoms with Crippen LogP contribution < -0.4 is 10.6 Å². The number of ether oxygens (including phenoxy) is 2. The molecule has 0 aromatic rings. The van der Waals surface area contributed by atoms with Gasteiger partial charge in [-0.25, -0.2) is 4.39 Å². The molecule has 5 fully saturated rings. The first kappa shape index (κ1) is 26.1. The van der Waals surface area contributed by atoms with Crippen LogP contribution in [0.1, 0.15) is 84.0 Å². The number of rotatable bonds is 8. The minimum Gasteiger partial charge on any atom is -0.391 e. The second-order valence-corrected chi connectivity index (χ2v) is 11.8. The number of amides is 2. The number of hydrogen-bond acceptors (Lipinski definition) is 5. The Hall–Kier alpha value is -0.960. The average molecular weight is 503 g/mol. The van der Waals surface area contributed by atoms with Crippen molar-refractivity contribution >= 4 is 23.4 Å². The van der Waals surface area contributed by atoms with Gasteiger partial charge in [-0.2, -0.15) is 0 Å². The molecule has 194 valence electrons. The van der Waals surface area contributed by atoms with Gasteiger partial charge in [0.2, 0.25) is 11.8 Å². The lowest BCUT2D eigenvalue weighted by atomic mass is 9.60. The minimum absolute atomic E-state index is 0.0259. The van der Waals surface area contributed by atoms with Crippen molar-refractivity contribution in [1.29, 1.82) is 0 Å². The van der Waals surface area contributed by atoms with Crippen LogP contribution in [-0.4, -0.2) is 71.1 Å². The Morgan fingerprint density at radius 3 is 2.15 bits per heavy atom. The summed E-state index contributed by atoms with van der Waals surface area (Å²) in [5, 5.41) is 16.6. The van der Waals surface area contributed by atoms with Crippen LogP contribution in [0.4, 0.5) is 4.39 Å². The maximum Gasteiger partial charge on any atom is 0.246 e. The molecular formula is C25H40ClFN2O5. The van der Waals surface area contributed by atoms with Crippen molar-refractivity contribution in [1.82, 2.24) is 10.6 Å². The molecule has 2 amide bonds. The topological polar surface area (TPSA) is 96.9 Å². The molecular weight excluding hydrogens is 463 g/mol. The third-order valence-corrected chi connectivity index (χ3v) is 9.11. The molecule has 0 aromatic heterocycles. The standard InChI is InChI=1S/C25H40ClFN2O5/c1-16-2-4-17(5-3-16)33-15-23(32)29-25-10-8-24(9-11-25,13-21(25)30)28-22(31)14-34-18-6-7-19(26)20(27)12-18/h16-21,30H,2-15H2,1H3,(H,28,31)(H,29,32)/t16?,17?,18?,19?,20?,21-,24?,25?/m0/s1. The van der Waals surface area contributed by atoms with E-state index in [4.69, 9.17) is 21.1 Å². The summed E-state index contributed by atoms with van der Waals surface area (Å²) in [7, 11) is 0. The van der Waals surface area contributed by atoms with Crippen molar-refractivity contribution < 1.29 is 28.6 Å². The van der Waals surface area contributed by atoms with Crippen molar-refractivity contribution in [3.8, 4) is 0 Å². The van der Waals surface area contributed by atoms with Crippen LogP contribution in [0.15, 0.2) is 0 Å². The molecule has 0 spiro atoms. The van der Waals surface area contributed by atoms with Crippen molar-refractivity contribution in [3.63, 3.8) is 0 Å². The van der Waals surface area contributed by atoms with E-state index in [0.717, 1.165) is 31.6 Å². The maximum atomic E-state index is 13.8. The zero-order chi connectivity index (χ0) is 24.3. The molecule has 2 bridgehead atoms. The number of aliphatic hydroxyl groups excluding tert-OH is 1. The Balaban J connectivity index is 1.20. The fraction of sp³-hybridized carbons (Fsp3) is 0.920. The molecule has 3 unspecified atom stereocenters. The van der Waals surface area contributed by atoms with Gasteiger partial charge in [-0.05, 0) is 76.5 Å². The lowest BCUT2D eigenvalue weighted by Gasteiger charge is -2.56. The predicted molar refractivity (Wildman–Crippen MR) is 126 cm³/mol. The molecule has 0 aliphatic heterocycles. The van der Waals surface area contributed by atoms with E-state index >= 15 is 0 Å². The van der Waals surface area contributed by atoms with Crippen LogP contribution >= 0.6 is 11.6 Å². The highest BCUT2D eigenvalue weighted by Crippen LogP contribution is 2.47. The smallest absolute Gasteiger partial charge is 0.246 e. The van der Waals surface area contributed by atoms with Crippen LogP contribution in [0.25, 0.3) is 0 Å². The van der Waals surface area contributed by atoms with Gasteiger partial charge < -0.3 is 25.2 Å². The van der Waals surface area contributed by atoms with E-state index in [-0.39, 0.29) is 43.7 Å². The molecule has 7 nitrogen and oxygen atoms in total. The molecule has 5 saturated carbocycles. The Kier molecular flexibility index (Phi) is 8.43. The van der Waals surface area contributed by atoms with E-state index in [2.05, 4.69) is 17.6 Å². The summed E-state index contributed by atoms with van der Waals surface area (Å²) >= 11 is 5.91. The van der Waals surface area contributed by atoms with Crippen LogP contribution in [0, 0.1) is 5.92 Å². The van der Waals surface area contributed by atoms with E-state index in [0.29, 0.717) is 44.9 Å². The summed E-state index contributed by atoms with van der Waals surface area (Å²) in [6.07, 6.45) is 6.66. The van der Waals surface area contributed by atoms with E-state index in [9.17, 15) is 19.1 Å². The van der Waals surface area contributed by atoms with Gasteiger partial charge >= 0.3 is 0 Å². The zero-order valence-electron chi connectivity index (χ0n) is 20.2. The second kappa shape index (κ2) is 11.0. The van der Waals surface area contributed by atoms with E-state index in [1.54, 1.807) is 0 Å². The van der Waals surface area contributed by atoms with Gasteiger partial charge in [-0.15, -0.1) is 11.6 Å². The summed E-state index contributed by atoms with van der Waals surface area (Å²) in [5.74, 6) is 0.305. The van der Waals surface area contributed by atoms with Gasteiger partial charge in [-0.3, -0.25) is 9.59 Å². The van der Waals surface area contributed by atoms with Gasteiger partial charge in [0.25, 0.3) is 0 Å². The fourth-order valence-electron chi connectivity index (χ4n) is 6.28. The Bertz CT molecular complexity index is 724. The number of hydrogen-bond donors (Lipinski definition) is 3. The summed E-state index contributed by atoms with van der Waals surface area (Å²) in [6.45, 7) is 2.15. The molecule has 34 heavy (non-hydrogen) atoms.